The Balaban J connectivity index is 1.53. The van der Waals surface area contributed by atoms with Gasteiger partial charge in [0.2, 0.25) is 0 Å². The van der Waals surface area contributed by atoms with Crippen LogP contribution < -0.4 is 15.0 Å². The van der Waals surface area contributed by atoms with E-state index >= 15 is 0 Å². The number of nitrogens with zero attached hydrogens (tertiary/aromatic N) is 2. The Morgan fingerprint density at radius 1 is 1.25 bits per heavy atom. The Kier molecular flexibility index (Phi) is 5.94. The Morgan fingerprint density at radius 3 is 2.72 bits per heavy atom. The van der Waals surface area contributed by atoms with Gasteiger partial charge in [0, 0.05) is 11.8 Å². The molecule has 1 aromatic carbocycles. The lowest BCUT2D eigenvalue weighted by molar-refractivity contribution is -0.141. The van der Waals surface area contributed by atoms with Gasteiger partial charge in [-0.2, -0.15) is 13.2 Å². The summed E-state index contributed by atoms with van der Waals surface area (Å²) in [5.41, 5.74) is -0.132. The molecule has 32 heavy (non-hydrogen) atoms. The maximum Gasteiger partial charge on any atom is 0.433 e. The molecular weight excluding hydrogens is 427 g/mol. The van der Waals surface area contributed by atoms with Crippen LogP contribution in [-0.2, 0) is 22.3 Å². The molecule has 1 fully saturated rings. The zero-order valence-corrected chi connectivity index (χ0v) is 17.3. The predicted molar refractivity (Wildman–Crippen MR) is 109 cm³/mol. The highest BCUT2D eigenvalue weighted by molar-refractivity contribution is 6.00. The molecule has 2 aliphatic rings. The number of benzene rings is 1. The number of amides is 2. The van der Waals surface area contributed by atoms with Crippen LogP contribution in [0.25, 0.3) is 0 Å². The van der Waals surface area contributed by atoms with Crippen LogP contribution in [0.3, 0.4) is 0 Å². The number of carbonyl (C=O) groups is 2. The number of aromatic nitrogens is 1. The normalized spacial score (nSPS) is 18.8. The van der Waals surface area contributed by atoms with Crippen molar-refractivity contribution < 1.29 is 32.2 Å². The molecule has 1 aliphatic heterocycles. The number of fused-ring (bicyclic) bond motifs is 1. The maximum absolute atomic E-state index is 13.0. The van der Waals surface area contributed by atoms with E-state index in [0.29, 0.717) is 17.1 Å². The number of hydrogen-bond donors (Lipinski definition) is 1. The second kappa shape index (κ2) is 8.68. The van der Waals surface area contributed by atoms with Gasteiger partial charge in [0.15, 0.2) is 6.10 Å². The number of alkyl halides is 3. The van der Waals surface area contributed by atoms with E-state index in [1.807, 2.05) is 0 Å². The van der Waals surface area contributed by atoms with Gasteiger partial charge in [-0.1, -0.05) is 6.07 Å². The topological polar surface area (TPSA) is 80.8 Å². The number of rotatable bonds is 4. The zero-order chi connectivity index (χ0) is 22.9. The van der Waals surface area contributed by atoms with Crippen LogP contribution in [-0.4, -0.2) is 29.2 Å². The number of pyridine rings is 1. The van der Waals surface area contributed by atoms with Gasteiger partial charge in [0.05, 0.1) is 17.9 Å². The summed E-state index contributed by atoms with van der Waals surface area (Å²) in [6, 6.07) is 8.26. The van der Waals surface area contributed by atoms with E-state index in [0.717, 1.165) is 31.7 Å². The second-order valence-corrected chi connectivity index (χ2v) is 7.82. The van der Waals surface area contributed by atoms with Crippen LogP contribution in [0.15, 0.2) is 36.4 Å². The van der Waals surface area contributed by atoms with Gasteiger partial charge < -0.3 is 9.47 Å². The van der Waals surface area contributed by atoms with E-state index in [2.05, 4.69) is 10.3 Å². The molecule has 1 saturated carbocycles. The van der Waals surface area contributed by atoms with Gasteiger partial charge in [-0.05, 0) is 56.9 Å². The first-order valence-electron chi connectivity index (χ1n) is 10.3. The molecule has 1 N–H and O–H groups in total. The molecule has 1 atom stereocenters. The lowest BCUT2D eigenvalue weighted by Gasteiger charge is -2.33. The number of ether oxygens (including phenoxy) is 2. The number of nitrogens with one attached hydrogen (secondary N) is 1. The first-order valence-corrected chi connectivity index (χ1v) is 10.3. The highest BCUT2D eigenvalue weighted by atomic mass is 19.4. The fourth-order valence-corrected chi connectivity index (χ4v) is 3.84. The number of hydrogen-bond acceptors (Lipinski definition) is 5. The minimum Gasteiger partial charge on any atom is -0.479 e. The van der Waals surface area contributed by atoms with E-state index in [-0.39, 0.29) is 18.3 Å². The van der Waals surface area contributed by atoms with Gasteiger partial charge in [-0.3, -0.25) is 15.0 Å². The molecule has 0 radical (unpaired) electrons. The van der Waals surface area contributed by atoms with Crippen LogP contribution in [0.4, 0.5) is 29.3 Å². The fourth-order valence-electron chi connectivity index (χ4n) is 3.84. The van der Waals surface area contributed by atoms with Gasteiger partial charge in [0.25, 0.3) is 5.91 Å². The average Bonchev–Trinajstić information content (AvgIpc) is 3.24. The molecular formula is C22H22F3N3O4. The van der Waals surface area contributed by atoms with Crippen LogP contribution in [0.2, 0.25) is 0 Å². The minimum atomic E-state index is -4.58. The molecule has 2 aromatic rings. The lowest BCUT2D eigenvalue weighted by atomic mass is 10.1. The van der Waals surface area contributed by atoms with E-state index in [1.165, 1.54) is 17.0 Å². The van der Waals surface area contributed by atoms with Crippen molar-refractivity contribution in [3.63, 3.8) is 0 Å². The molecule has 0 unspecified atom stereocenters. The summed E-state index contributed by atoms with van der Waals surface area (Å²) in [6.07, 6.45) is -2.32. The first kappa shape index (κ1) is 21.9. The third kappa shape index (κ3) is 4.79. The van der Waals surface area contributed by atoms with E-state index in [9.17, 15) is 22.8 Å². The summed E-state index contributed by atoms with van der Waals surface area (Å²) in [6.45, 7) is 1.40. The number of anilines is 2. The highest BCUT2D eigenvalue weighted by Crippen LogP contribution is 2.37. The number of halogens is 3. The van der Waals surface area contributed by atoms with Crippen molar-refractivity contribution in [1.82, 2.24) is 4.98 Å². The summed E-state index contributed by atoms with van der Waals surface area (Å²) in [5, 5.41) is 2.65. The van der Waals surface area contributed by atoms with Crippen molar-refractivity contribution in [3.8, 4) is 5.75 Å². The first-order chi connectivity index (χ1) is 15.2. The van der Waals surface area contributed by atoms with Crippen LogP contribution >= 0.6 is 0 Å². The summed E-state index contributed by atoms with van der Waals surface area (Å²) in [7, 11) is 0. The SMILES string of the molecule is C[C@H]1Oc2cc(NC(=O)OC3CCCC3)ccc2N(Cc2cccc(C(F)(F)F)n2)C1=O. The van der Waals surface area contributed by atoms with Gasteiger partial charge >= 0.3 is 12.3 Å². The van der Waals surface area contributed by atoms with Crippen molar-refractivity contribution in [2.75, 3.05) is 10.2 Å². The van der Waals surface area contributed by atoms with Crippen molar-refractivity contribution >= 4 is 23.4 Å². The number of carbonyl (C=O) groups excluding carboxylic acids is 2. The molecule has 2 amide bonds. The van der Waals surface area contributed by atoms with Gasteiger partial charge in [0.1, 0.15) is 17.5 Å². The Bertz CT molecular complexity index is 1020. The molecule has 0 bridgehead atoms. The Morgan fingerprint density at radius 2 is 2.00 bits per heavy atom. The Hall–Kier alpha value is -3.30. The molecule has 4 rings (SSSR count). The molecule has 10 heteroatoms. The predicted octanol–water partition coefficient (Wildman–Crippen LogP) is 4.91. The quantitative estimate of drug-likeness (QED) is 0.718. The maximum atomic E-state index is 13.0. The molecule has 0 spiro atoms. The summed E-state index contributed by atoms with van der Waals surface area (Å²) >= 11 is 0. The van der Waals surface area contributed by atoms with Crippen molar-refractivity contribution in [3.05, 3.63) is 47.8 Å². The molecule has 7 nitrogen and oxygen atoms in total. The lowest BCUT2D eigenvalue weighted by Crippen LogP contribution is -2.44. The van der Waals surface area contributed by atoms with E-state index in [1.54, 1.807) is 25.1 Å². The highest BCUT2D eigenvalue weighted by Gasteiger charge is 2.35. The van der Waals surface area contributed by atoms with Crippen molar-refractivity contribution in [2.24, 2.45) is 0 Å². The van der Waals surface area contributed by atoms with Gasteiger partial charge in [-0.15, -0.1) is 0 Å². The molecule has 170 valence electrons. The Labute approximate surface area is 182 Å². The van der Waals surface area contributed by atoms with Crippen molar-refractivity contribution in [2.45, 2.75) is 57.5 Å². The van der Waals surface area contributed by atoms with Crippen molar-refractivity contribution in [1.29, 1.82) is 0 Å². The summed E-state index contributed by atoms with van der Waals surface area (Å²) < 4.78 is 50.0. The third-order valence-corrected chi connectivity index (χ3v) is 5.41. The standard InChI is InChI=1S/C22H22F3N3O4/c1-13-20(29)28(12-15-5-4-8-19(26-15)22(23,24)25)17-10-9-14(11-18(17)31-13)27-21(30)32-16-6-2-3-7-16/h4-5,8-11,13,16H,2-3,6-7,12H2,1H3,(H,27,30)/t13-/m1/s1. The average molecular weight is 449 g/mol. The molecule has 1 aromatic heterocycles. The second-order valence-electron chi connectivity index (χ2n) is 7.82. The van der Waals surface area contributed by atoms with Gasteiger partial charge in [-0.25, -0.2) is 9.78 Å². The summed E-state index contributed by atoms with van der Waals surface area (Å²) in [5.74, 6) is -0.0826. The molecule has 0 saturated heterocycles. The third-order valence-electron chi connectivity index (χ3n) is 5.41. The fraction of sp³-hybridized carbons (Fsp3) is 0.409. The monoisotopic (exact) mass is 449 g/mol. The van der Waals surface area contributed by atoms with Crippen LogP contribution in [0, 0.1) is 0 Å². The molecule has 1 aliphatic carbocycles. The van der Waals surface area contributed by atoms with E-state index < -0.39 is 30.0 Å². The summed E-state index contributed by atoms with van der Waals surface area (Å²) in [4.78, 5) is 29.8. The zero-order valence-electron chi connectivity index (χ0n) is 17.3. The van der Waals surface area contributed by atoms with E-state index in [4.69, 9.17) is 9.47 Å². The molecule has 2 heterocycles. The van der Waals surface area contributed by atoms with Crippen LogP contribution in [0.1, 0.15) is 44.0 Å². The largest absolute Gasteiger partial charge is 0.479 e. The van der Waals surface area contributed by atoms with Crippen LogP contribution in [0.5, 0.6) is 5.75 Å². The minimum absolute atomic E-state index is 0.0861. The smallest absolute Gasteiger partial charge is 0.433 e.